The Labute approximate surface area is 119 Å². The minimum Gasteiger partial charge on any atom is -0.381 e. The molecule has 1 aromatic heterocycles. The normalized spacial score (nSPS) is 24.7. The Kier molecular flexibility index (Phi) is 3.98. The second kappa shape index (κ2) is 5.89. The van der Waals surface area contributed by atoms with Crippen LogP contribution in [0.15, 0.2) is 24.5 Å². The number of amides is 1. The molecule has 0 aromatic carbocycles. The Morgan fingerprint density at radius 3 is 2.90 bits per heavy atom. The van der Waals surface area contributed by atoms with Gasteiger partial charge in [-0.15, -0.1) is 0 Å². The molecule has 0 aliphatic carbocycles. The molecule has 3 heterocycles. The van der Waals surface area contributed by atoms with Crippen molar-refractivity contribution in [3.63, 3.8) is 0 Å². The SMILES string of the molecule is O=C(NCc1ccncc1)C1CNCC12CCOCC2. The molecule has 3 rings (SSSR count). The molecule has 0 radical (unpaired) electrons. The zero-order chi connectivity index (χ0) is 13.8. The van der Waals surface area contributed by atoms with Crippen molar-refractivity contribution in [2.24, 2.45) is 11.3 Å². The zero-order valence-corrected chi connectivity index (χ0v) is 11.6. The van der Waals surface area contributed by atoms with E-state index in [9.17, 15) is 4.79 Å². The molecule has 2 N–H and O–H groups in total. The van der Waals surface area contributed by atoms with Gasteiger partial charge in [0, 0.05) is 45.2 Å². The van der Waals surface area contributed by atoms with Crippen LogP contribution in [0.1, 0.15) is 18.4 Å². The molecular weight excluding hydrogens is 254 g/mol. The van der Waals surface area contributed by atoms with Crippen molar-refractivity contribution in [2.75, 3.05) is 26.3 Å². The van der Waals surface area contributed by atoms with Crippen molar-refractivity contribution in [2.45, 2.75) is 19.4 Å². The molecule has 1 spiro atoms. The number of pyridine rings is 1. The van der Waals surface area contributed by atoms with E-state index in [0.717, 1.165) is 44.7 Å². The van der Waals surface area contributed by atoms with Crippen LogP contribution in [0.4, 0.5) is 0 Å². The number of carbonyl (C=O) groups is 1. The third-order valence-electron chi connectivity index (χ3n) is 4.59. The van der Waals surface area contributed by atoms with Crippen molar-refractivity contribution in [1.29, 1.82) is 0 Å². The Bertz CT molecular complexity index is 457. The van der Waals surface area contributed by atoms with Crippen LogP contribution >= 0.6 is 0 Å². The topological polar surface area (TPSA) is 63.2 Å². The van der Waals surface area contributed by atoms with Gasteiger partial charge in [0.1, 0.15) is 0 Å². The van der Waals surface area contributed by atoms with Crippen LogP contribution in [0.5, 0.6) is 0 Å². The van der Waals surface area contributed by atoms with E-state index in [4.69, 9.17) is 4.74 Å². The van der Waals surface area contributed by atoms with E-state index in [1.54, 1.807) is 12.4 Å². The number of carbonyl (C=O) groups excluding carboxylic acids is 1. The smallest absolute Gasteiger partial charge is 0.225 e. The molecule has 1 atom stereocenters. The first-order valence-corrected chi connectivity index (χ1v) is 7.25. The maximum absolute atomic E-state index is 12.5. The summed E-state index contributed by atoms with van der Waals surface area (Å²) in [6.45, 7) is 3.84. The maximum atomic E-state index is 12.5. The molecule has 108 valence electrons. The summed E-state index contributed by atoms with van der Waals surface area (Å²) in [6, 6.07) is 3.86. The molecule has 2 aliphatic heterocycles. The first-order chi connectivity index (χ1) is 9.80. The fraction of sp³-hybridized carbons (Fsp3) is 0.600. The molecule has 20 heavy (non-hydrogen) atoms. The summed E-state index contributed by atoms with van der Waals surface area (Å²) < 4.78 is 5.45. The zero-order valence-electron chi connectivity index (χ0n) is 11.6. The number of ether oxygens (including phenoxy) is 1. The Morgan fingerprint density at radius 1 is 1.40 bits per heavy atom. The molecular formula is C15H21N3O2. The van der Waals surface area contributed by atoms with Crippen molar-refractivity contribution < 1.29 is 9.53 Å². The van der Waals surface area contributed by atoms with Crippen LogP contribution in [0.2, 0.25) is 0 Å². The number of hydrogen-bond acceptors (Lipinski definition) is 4. The van der Waals surface area contributed by atoms with Crippen LogP contribution in [-0.2, 0) is 16.1 Å². The first kappa shape index (κ1) is 13.5. The summed E-state index contributed by atoms with van der Waals surface area (Å²) in [6.07, 6.45) is 5.46. The second-order valence-corrected chi connectivity index (χ2v) is 5.73. The second-order valence-electron chi connectivity index (χ2n) is 5.73. The van der Waals surface area contributed by atoms with Gasteiger partial charge in [-0.3, -0.25) is 9.78 Å². The van der Waals surface area contributed by atoms with E-state index in [-0.39, 0.29) is 17.2 Å². The highest BCUT2D eigenvalue weighted by Gasteiger charge is 2.47. The highest BCUT2D eigenvalue weighted by molar-refractivity contribution is 5.80. The third kappa shape index (κ3) is 2.69. The molecule has 0 bridgehead atoms. The van der Waals surface area contributed by atoms with Crippen LogP contribution < -0.4 is 10.6 Å². The number of aromatic nitrogens is 1. The van der Waals surface area contributed by atoms with Crippen LogP contribution in [0.25, 0.3) is 0 Å². The lowest BCUT2D eigenvalue weighted by molar-refractivity contribution is -0.130. The number of rotatable bonds is 3. The van der Waals surface area contributed by atoms with Gasteiger partial charge >= 0.3 is 0 Å². The van der Waals surface area contributed by atoms with E-state index >= 15 is 0 Å². The lowest BCUT2D eigenvalue weighted by atomic mass is 9.72. The fourth-order valence-corrected chi connectivity index (χ4v) is 3.29. The first-order valence-electron chi connectivity index (χ1n) is 7.25. The van der Waals surface area contributed by atoms with Gasteiger partial charge in [0.05, 0.1) is 5.92 Å². The predicted octanol–water partition coefficient (Wildman–Crippen LogP) is 0.714. The van der Waals surface area contributed by atoms with E-state index in [2.05, 4.69) is 15.6 Å². The molecule has 2 aliphatic rings. The lowest BCUT2D eigenvalue weighted by Gasteiger charge is -2.37. The molecule has 1 amide bonds. The van der Waals surface area contributed by atoms with Gasteiger partial charge < -0.3 is 15.4 Å². The van der Waals surface area contributed by atoms with Gasteiger partial charge in [0.15, 0.2) is 0 Å². The van der Waals surface area contributed by atoms with Gasteiger partial charge in [-0.25, -0.2) is 0 Å². The highest BCUT2D eigenvalue weighted by atomic mass is 16.5. The molecule has 5 nitrogen and oxygen atoms in total. The van der Waals surface area contributed by atoms with E-state index in [1.807, 2.05) is 12.1 Å². The lowest BCUT2D eigenvalue weighted by Crippen LogP contribution is -2.44. The summed E-state index contributed by atoms with van der Waals surface area (Å²) in [5.41, 5.74) is 1.18. The number of hydrogen-bond donors (Lipinski definition) is 2. The summed E-state index contributed by atoms with van der Waals surface area (Å²) in [5.74, 6) is 0.224. The molecule has 2 fully saturated rings. The number of nitrogens with zero attached hydrogens (tertiary/aromatic N) is 1. The largest absolute Gasteiger partial charge is 0.381 e. The van der Waals surface area contributed by atoms with Crippen LogP contribution in [0.3, 0.4) is 0 Å². The molecule has 1 aromatic rings. The maximum Gasteiger partial charge on any atom is 0.225 e. The minimum absolute atomic E-state index is 0.0632. The molecule has 2 saturated heterocycles. The summed E-state index contributed by atoms with van der Waals surface area (Å²) in [7, 11) is 0. The van der Waals surface area contributed by atoms with Gasteiger partial charge in [-0.2, -0.15) is 0 Å². The van der Waals surface area contributed by atoms with Crippen LogP contribution in [0, 0.1) is 11.3 Å². The summed E-state index contributed by atoms with van der Waals surface area (Å²) in [4.78, 5) is 16.5. The fourth-order valence-electron chi connectivity index (χ4n) is 3.29. The Morgan fingerprint density at radius 2 is 2.15 bits per heavy atom. The highest BCUT2D eigenvalue weighted by Crippen LogP contribution is 2.40. The summed E-state index contributed by atoms with van der Waals surface area (Å²) >= 11 is 0. The average molecular weight is 275 g/mol. The van der Waals surface area contributed by atoms with Gasteiger partial charge in [0.25, 0.3) is 0 Å². The van der Waals surface area contributed by atoms with Crippen molar-refractivity contribution in [3.05, 3.63) is 30.1 Å². The Balaban J connectivity index is 1.61. The third-order valence-corrected chi connectivity index (χ3v) is 4.59. The standard InChI is InChI=1S/C15H21N3O2/c19-14(18-9-12-1-5-16-6-2-12)13-10-17-11-15(13)3-7-20-8-4-15/h1-2,5-6,13,17H,3-4,7-11H2,(H,18,19). The van der Waals surface area contributed by atoms with E-state index in [1.165, 1.54) is 0 Å². The van der Waals surface area contributed by atoms with E-state index < -0.39 is 0 Å². The van der Waals surface area contributed by atoms with Crippen LogP contribution in [-0.4, -0.2) is 37.2 Å². The minimum atomic E-state index is 0.0632. The van der Waals surface area contributed by atoms with Gasteiger partial charge in [-0.1, -0.05) is 0 Å². The quantitative estimate of drug-likeness (QED) is 0.853. The van der Waals surface area contributed by atoms with Gasteiger partial charge in [0.2, 0.25) is 5.91 Å². The molecule has 1 unspecified atom stereocenters. The van der Waals surface area contributed by atoms with Crippen molar-refractivity contribution in [1.82, 2.24) is 15.6 Å². The number of nitrogens with one attached hydrogen (secondary N) is 2. The van der Waals surface area contributed by atoms with Gasteiger partial charge in [-0.05, 0) is 36.0 Å². The molecule has 5 heteroatoms. The molecule has 0 saturated carbocycles. The Hall–Kier alpha value is -1.46. The van der Waals surface area contributed by atoms with Crippen molar-refractivity contribution >= 4 is 5.91 Å². The average Bonchev–Trinajstić information content (AvgIpc) is 2.90. The summed E-state index contributed by atoms with van der Waals surface area (Å²) in [5, 5.41) is 6.45. The predicted molar refractivity (Wildman–Crippen MR) is 74.9 cm³/mol. The van der Waals surface area contributed by atoms with Crippen molar-refractivity contribution in [3.8, 4) is 0 Å². The van der Waals surface area contributed by atoms with E-state index in [0.29, 0.717) is 6.54 Å². The monoisotopic (exact) mass is 275 g/mol.